The standard InChI is InChI=1S/C13H23N3O4/c17-12(18)9-14-8-11-2-1-3-16(10-11)13(19)15-4-6-20-7-5-15/h11,14H,1-10H2,(H,17,18). The number of piperidine rings is 1. The Morgan fingerprint density at radius 2 is 1.95 bits per heavy atom. The summed E-state index contributed by atoms with van der Waals surface area (Å²) >= 11 is 0. The van der Waals surface area contributed by atoms with Crippen LogP contribution in [-0.2, 0) is 9.53 Å². The Hall–Kier alpha value is -1.34. The van der Waals surface area contributed by atoms with Gasteiger partial charge in [0, 0.05) is 32.7 Å². The van der Waals surface area contributed by atoms with Gasteiger partial charge in [-0.15, -0.1) is 0 Å². The first-order valence-electron chi connectivity index (χ1n) is 7.21. The minimum Gasteiger partial charge on any atom is -0.480 e. The van der Waals surface area contributed by atoms with Crippen molar-refractivity contribution in [2.75, 3.05) is 52.5 Å². The molecule has 1 atom stereocenters. The van der Waals surface area contributed by atoms with Crippen LogP contribution in [0.25, 0.3) is 0 Å². The maximum atomic E-state index is 12.4. The van der Waals surface area contributed by atoms with Crippen LogP contribution in [0.4, 0.5) is 4.79 Å². The van der Waals surface area contributed by atoms with Crippen molar-refractivity contribution in [2.24, 2.45) is 5.92 Å². The highest BCUT2D eigenvalue weighted by atomic mass is 16.5. The van der Waals surface area contributed by atoms with E-state index in [0.29, 0.717) is 45.3 Å². The fraction of sp³-hybridized carbons (Fsp3) is 0.846. The fourth-order valence-corrected chi connectivity index (χ4v) is 2.74. The van der Waals surface area contributed by atoms with E-state index >= 15 is 0 Å². The lowest BCUT2D eigenvalue weighted by Gasteiger charge is -2.37. The highest BCUT2D eigenvalue weighted by Gasteiger charge is 2.27. The molecule has 2 heterocycles. The van der Waals surface area contributed by atoms with Gasteiger partial charge in [-0.25, -0.2) is 4.79 Å². The van der Waals surface area contributed by atoms with Crippen LogP contribution in [0.15, 0.2) is 0 Å². The zero-order valence-electron chi connectivity index (χ0n) is 11.7. The highest BCUT2D eigenvalue weighted by molar-refractivity contribution is 5.74. The second-order valence-electron chi connectivity index (χ2n) is 5.36. The number of morpholine rings is 1. The molecule has 2 rings (SSSR count). The summed E-state index contributed by atoms with van der Waals surface area (Å²) in [6.07, 6.45) is 2.02. The minimum absolute atomic E-state index is 0.0199. The molecule has 2 fully saturated rings. The number of urea groups is 1. The first-order chi connectivity index (χ1) is 9.66. The van der Waals surface area contributed by atoms with E-state index in [4.69, 9.17) is 9.84 Å². The van der Waals surface area contributed by atoms with Gasteiger partial charge in [0.25, 0.3) is 0 Å². The van der Waals surface area contributed by atoms with E-state index in [2.05, 4.69) is 5.32 Å². The Morgan fingerprint density at radius 3 is 2.65 bits per heavy atom. The number of rotatable bonds is 4. The van der Waals surface area contributed by atoms with Gasteiger partial charge in [0.2, 0.25) is 0 Å². The second-order valence-corrected chi connectivity index (χ2v) is 5.36. The Kier molecular flexibility index (Phi) is 5.60. The largest absolute Gasteiger partial charge is 0.480 e. The van der Waals surface area contributed by atoms with Crippen LogP contribution in [0, 0.1) is 5.92 Å². The third-order valence-corrected chi connectivity index (χ3v) is 3.78. The molecule has 1 unspecified atom stereocenters. The van der Waals surface area contributed by atoms with E-state index in [1.807, 2.05) is 9.80 Å². The molecule has 0 bridgehead atoms. The topological polar surface area (TPSA) is 82.1 Å². The molecule has 2 amide bonds. The molecule has 0 radical (unpaired) electrons. The second kappa shape index (κ2) is 7.44. The van der Waals surface area contributed by atoms with Gasteiger partial charge in [-0.3, -0.25) is 4.79 Å². The van der Waals surface area contributed by atoms with Gasteiger partial charge in [0.15, 0.2) is 0 Å². The number of carboxylic acid groups (broad SMARTS) is 1. The number of nitrogens with zero attached hydrogens (tertiary/aromatic N) is 2. The van der Waals surface area contributed by atoms with E-state index in [1.165, 1.54) is 0 Å². The Labute approximate surface area is 118 Å². The number of hydrogen-bond acceptors (Lipinski definition) is 4. The quantitative estimate of drug-likeness (QED) is 0.749. The van der Waals surface area contributed by atoms with Gasteiger partial charge in [0.1, 0.15) is 0 Å². The summed E-state index contributed by atoms with van der Waals surface area (Å²) < 4.78 is 5.26. The van der Waals surface area contributed by atoms with Crippen molar-refractivity contribution in [3.63, 3.8) is 0 Å². The average Bonchev–Trinajstić information content (AvgIpc) is 2.47. The molecule has 2 aliphatic heterocycles. The number of carbonyl (C=O) groups excluding carboxylic acids is 1. The summed E-state index contributed by atoms with van der Waals surface area (Å²) in [6, 6.07) is 0.0937. The van der Waals surface area contributed by atoms with Crippen molar-refractivity contribution in [1.82, 2.24) is 15.1 Å². The van der Waals surface area contributed by atoms with Gasteiger partial charge in [-0.05, 0) is 18.8 Å². The van der Waals surface area contributed by atoms with Crippen LogP contribution in [0.3, 0.4) is 0 Å². The van der Waals surface area contributed by atoms with E-state index in [1.54, 1.807) is 0 Å². The first kappa shape index (κ1) is 15.1. The lowest BCUT2D eigenvalue weighted by atomic mass is 9.98. The summed E-state index contributed by atoms with van der Waals surface area (Å²) in [5.41, 5.74) is 0. The normalized spacial score (nSPS) is 23.7. The molecule has 2 aliphatic rings. The Balaban J connectivity index is 1.77. The molecule has 7 nitrogen and oxygen atoms in total. The molecule has 0 aromatic rings. The van der Waals surface area contributed by atoms with Crippen molar-refractivity contribution >= 4 is 12.0 Å². The SMILES string of the molecule is O=C(O)CNCC1CCCN(C(=O)N2CCOCC2)C1. The number of hydrogen-bond donors (Lipinski definition) is 2. The first-order valence-corrected chi connectivity index (χ1v) is 7.21. The predicted molar refractivity (Wildman–Crippen MR) is 72.6 cm³/mol. The lowest BCUT2D eigenvalue weighted by molar-refractivity contribution is -0.136. The van der Waals surface area contributed by atoms with Gasteiger partial charge in [-0.2, -0.15) is 0 Å². The minimum atomic E-state index is -0.845. The summed E-state index contributed by atoms with van der Waals surface area (Å²) in [5.74, 6) is -0.504. The van der Waals surface area contributed by atoms with Crippen molar-refractivity contribution in [3.8, 4) is 0 Å². The van der Waals surface area contributed by atoms with Crippen LogP contribution < -0.4 is 5.32 Å². The van der Waals surface area contributed by atoms with Crippen molar-refractivity contribution in [1.29, 1.82) is 0 Å². The maximum Gasteiger partial charge on any atom is 0.320 e. The summed E-state index contributed by atoms with van der Waals surface area (Å²) in [6.45, 7) is 4.70. The number of ether oxygens (including phenoxy) is 1. The molecule has 0 saturated carbocycles. The lowest BCUT2D eigenvalue weighted by Crippen LogP contribution is -2.52. The van der Waals surface area contributed by atoms with E-state index < -0.39 is 5.97 Å². The van der Waals surface area contributed by atoms with Crippen LogP contribution >= 0.6 is 0 Å². The summed E-state index contributed by atoms with van der Waals surface area (Å²) in [4.78, 5) is 26.6. The van der Waals surface area contributed by atoms with Gasteiger partial charge in [-0.1, -0.05) is 0 Å². The summed E-state index contributed by atoms with van der Waals surface area (Å²) in [5, 5.41) is 11.5. The number of carboxylic acids is 1. The molecule has 0 aromatic carbocycles. The van der Waals surface area contributed by atoms with Gasteiger partial charge >= 0.3 is 12.0 Å². The molecule has 20 heavy (non-hydrogen) atoms. The monoisotopic (exact) mass is 285 g/mol. The third kappa shape index (κ3) is 4.35. The number of nitrogens with one attached hydrogen (secondary N) is 1. The number of aliphatic carboxylic acids is 1. The fourth-order valence-electron chi connectivity index (χ4n) is 2.74. The molecule has 114 valence electrons. The summed E-state index contributed by atoms with van der Waals surface area (Å²) in [7, 11) is 0. The Bertz CT molecular complexity index is 345. The number of likely N-dealkylation sites (tertiary alicyclic amines) is 1. The number of carbonyl (C=O) groups is 2. The third-order valence-electron chi connectivity index (χ3n) is 3.78. The number of amides is 2. The van der Waals surface area contributed by atoms with E-state index in [9.17, 15) is 9.59 Å². The zero-order valence-corrected chi connectivity index (χ0v) is 11.7. The zero-order chi connectivity index (χ0) is 14.4. The van der Waals surface area contributed by atoms with Crippen LogP contribution in [-0.4, -0.2) is 79.4 Å². The van der Waals surface area contributed by atoms with Crippen LogP contribution in [0.5, 0.6) is 0 Å². The molecule has 0 spiro atoms. The predicted octanol–water partition coefficient (Wildman–Crippen LogP) is -0.175. The molecule has 7 heteroatoms. The van der Waals surface area contributed by atoms with Crippen molar-refractivity contribution in [3.05, 3.63) is 0 Å². The molecule has 0 aromatic heterocycles. The molecule has 0 aliphatic carbocycles. The van der Waals surface area contributed by atoms with Crippen LogP contribution in [0.2, 0.25) is 0 Å². The molecular weight excluding hydrogens is 262 g/mol. The van der Waals surface area contributed by atoms with E-state index in [-0.39, 0.29) is 12.6 Å². The Morgan fingerprint density at radius 1 is 1.20 bits per heavy atom. The maximum absolute atomic E-state index is 12.4. The highest BCUT2D eigenvalue weighted by Crippen LogP contribution is 2.17. The molecule has 2 N–H and O–H groups in total. The average molecular weight is 285 g/mol. The smallest absolute Gasteiger partial charge is 0.320 e. The molecular formula is C13H23N3O4. The van der Waals surface area contributed by atoms with Gasteiger partial charge < -0.3 is 25.0 Å². The van der Waals surface area contributed by atoms with Crippen molar-refractivity contribution < 1.29 is 19.4 Å². The van der Waals surface area contributed by atoms with Crippen molar-refractivity contribution in [2.45, 2.75) is 12.8 Å². The van der Waals surface area contributed by atoms with Gasteiger partial charge in [0.05, 0.1) is 19.8 Å². The molecule has 2 saturated heterocycles. The van der Waals surface area contributed by atoms with E-state index in [0.717, 1.165) is 19.4 Å². The van der Waals surface area contributed by atoms with Crippen LogP contribution in [0.1, 0.15) is 12.8 Å².